The summed E-state index contributed by atoms with van der Waals surface area (Å²) in [6.45, 7) is 5.67. The molecule has 2 aromatic carbocycles. The highest BCUT2D eigenvalue weighted by atomic mass is 79.9. The Hall–Kier alpha value is -2.87. The van der Waals surface area contributed by atoms with Crippen molar-refractivity contribution in [3.05, 3.63) is 58.2 Å². The maximum Gasteiger partial charge on any atom is 0.432 e. The van der Waals surface area contributed by atoms with Crippen molar-refractivity contribution in [2.45, 2.75) is 39.4 Å². The minimum absolute atomic E-state index is 0.0992. The molecule has 0 unspecified atom stereocenters. The second kappa shape index (κ2) is 8.24. The number of esters is 1. The number of nitrogens with zero attached hydrogens (tertiary/aromatic N) is 2. The van der Waals surface area contributed by atoms with Gasteiger partial charge >= 0.3 is 12.1 Å². The molecule has 3 aromatic rings. The number of halogens is 1. The summed E-state index contributed by atoms with van der Waals surface area (Å²) in [5.41, 5.74) is 1.39. The van der Waals surface area contributed by atoms with E-state index in [0.29, 0.717) is 16.7 Å². The zero-order valence-electron chi connectivity index (χ0n) is 16.3. The first-order chi connectivity index (χ1) is 13.6. The quantitative estimate of drug-likeness (QED) is 0.550. The molecule has 0 aliphatic heterocycles. The molecule has 1 N–H and O–H groups in total. The van der Waals surface area contributed by atoms with Crippen LogP contribution in [0.25, 0.3) is 10.9 Å². The molecule has 0 radical (unpaired) electrons. The summed E-state index contributed by atoms with van der Waals surface area (Å²) in [7, 11) is 0. The molecule has 0 fully saturated rings. The maximum absolute atomic E-state index is 12.2. The fourth-order valence-electron chi connectivity index (χ4n) is 2.86. The lowest BCUT2D eigenvalue weighted by atomic mass is 10.1. The first kappa shape index (κ1) is 20.9. The Morgan fingerprint density at radius 1 is 1.21 bits per heavy atom. The molecule has 0 amide bonds. The zero-order valence-corrected chi connectivity index (χ0v) is 17.9. The van der Waals surface area contributed by atoms with Crippen LogP contribution in [0.1, 0.15) is 31.9 Å². The summed E-state index contributed by atoms with van der Waals surface area (Å²) in [5.74, 6) is 0.240. The Kier molecular flexibility index (Phi) is 5.93. The minimum atomic E-state index is -1.16. The predicted molar refractivity (Wildman–Crippen MR) is 111 cm³/mol. The predicted octanol–water partition coefficient (Wildman–Crippen LogP) is 4.79. The van der Waals surface area contributed by atoms with Crippen LogP contribution in [0.5, 0.6) is 5.75 Å². The van der Waals surface area contributed by atoms with E-state index < -0.39 is 11.7 Å². The standard InChI is InChI=1S/C21H21BrN2O5/c1-21(2,3)29-19(25)10-14-6-4-5-7-18(14)28-12-13-8-16(22)15-11-23-24(20(26)27)17(15)9-13/h4-9,11H,10,12H2,1-3H3,(H,26,27). The average molecular weight is 461 g/mol. The van der Waals surface area contributed by atoms with E-state index in [0.717, 1.165) is 20.3 Å². The lowest BCUT2D eigenvalue weighted by molar-refractivity contribution is -0.153. The van der Waals surface area contributed by atoms with Gasteiger partial charge in [0.15, 0.2) is 0 Å². The van der Waals surface area contributed by atoms with E-state index in [1.807, 2.05) is 45.0 Å². The van der Waals surface area contributed by atoms with Crippen LogP contribution in [-0.4, -0.2) is 32.6 Å². The number of carbonyl (C=O) groups is 2. The molecular weight excluding hydrogens is 440 g/mol. The summed E-state index contributed by atoms with van der Waals surface area (Å²) in [6, 6.07) is 10.8. The molecule has 1 aromatic heterocycles. The molecule has 0 spiro atoms. The number of hydrogen-bond acceptors (Lipinski definition) is 5. The SMILES string of the molecule is CC(C)(C)OC(=O)Cc1ccccc1OCc1cc(Br)c2cnn(C(=O)O)c2c1. The van der Waals surface area contributed by atoms with Gasteiger partial charge < -0.3 is 14.6 Å². The minimum Gasteiger partial charge on any atom is -0.489 e. The monoisotopic (exact) mass is 460 g/mol. The van der Waals surface area contributed by atoms with E-state index in [-0.39, 0.29) is 19.0 Å². The molecule has 0 aliphatic carbocycles. The summed E-state index contributed by atoms with van der Waals surface area (Å²) >= 11 is 3.45. The van der Waals surface area contributed by atoms with E-state index >= 15 is 0 Å². The topological polar surface area (TPSA) is 90.7 Å². The van der Waals surface area contributed by atoms with Crippen molar-refractivity contribution in [1.82, 2.24) is 9.78 Å². The lowest BCUT2D eigenvalue weighted by Gasteiger charge is -2.20. The van der Waals surface area contributed by atoms with Crippen molar-refractivity contribution in [3.8, 4) is 5.75 Å². The molecule has 0 bridgehead atoms. The van der Waals surface area contributed by atoms with Gasteiger partial charge in [0.2, 0.25) is 0 Å². The van der Waals surface area contributed by atoms with E-state index in [1.54, 1.807) is 12.1 Å². The third-order valence-corrected chi connectivity index (χ3v) is 4.66. The van der Waals surface area contributed by atoms with Crippen molar-refractivity contribution in [2.75, 3.05) is 0 Å². The van der Waals surface area contributed by atoms with Crippen LogP contribution in [0.2, 0.25) is 0 Å². The number of benzene rings is 2. The number of aromatic nitrogens is 2. The van der Waals surface area contributed by atoms with Gasteiger partial charge in [0, 0.05) is 15.4 Å². The Bertz CT molecular complexity index is 1070. The Morgan fingerprint density at radius 2 is 1.93 bits per heavy atom. The summed E-state index contributed by atoms with van der Waals surface area (Å²) in [4.78, 5) is 23.5. The fraction of sp³-hybridized carbons (Fsp3) is 0.286. The highest BCUT2D eigenvalue weighted by Crippen LogP contribution is 2.27. The third-order valence-electron chi connectivity index (χ3n) is 4.00. The maximum atomic E-state index is 12.2. The van der Waals surface area contributed by atoms with Crippen molar-refractivity contribution < 1.29 is 24.2 Å². The van der Waals surface area contributed by atoms with E-state index in [2.05, 4.69) is 21.0 Å². The molecule has 0 saturated carbocycles. The number of fused-ring (bicyclic) bond motifs is 1. The van der Waals surface area contributed by atoms with E-state index in [9.17, 15) is 14.7 Å². The Morgan fingerprint density at radius 3 is 2.62 bits per heavy atom. The van der Waals surface area contributed by atoms with Crippen LogP contribution in [0.3, 0.4) is 0 Å². The van der Waals surface area contributed by atoms with Gasteiger partial charge in [-0.2, -0.15) is 9.78 Å². The van der Waals surface area contributed by atoms with Gasteiger partial charge in [-0.1, -0.05) is 34.1 Å². The smallest absolute Gasteiger partial charge is 0.432 e. The van der Waals surface area contributed by atoms with Gasteiger partial charge in [0.05, 0.1) is 18.1 Å². The first-order valence-corrected chi connectivity index (χ1v) is 9.75. The third kappa shape index (κ3) is 5.14. The van der Waals surface area contributed by atoms with Crippen LogP contribution >= 0.6 is 15.9 Å². The van der Waals surface area contributed by atoms with Crippen molar-refractivity contribution >= 4 is 38.9 Å². The second-order valence-corrected chi connectivity index (χ2v) is 8.36. The van der Waals surface area contributed by atoms with Gasteiger partial charge in [0.1, 0.15) is 18.0 Å². The summed E-state index contributed by atoms with van der Waals surface area (Å²) < 4.78 is 13.0. The number of rotatable bonds is 5. The summed E-state index contributed by atoms with van der Waals surface area (Å²) in [5, 5.41) is 13.9. The van der Waals surface area contributed by atoms with Gasteiger partial charge in [-0.15, -0.1) is 0 Å². The average Bonchev–Trinajstić information content (AvgIpc) is 3.04. The molecule has 0 aliphatic rings. The van der Waals surface area contributed by atoms with Gasteiger partial charge in [-0.05, 0) is 44.5 Å². The Balaban J connectivity index is 1.79. The van der Waals surface area contributed by atoms with Crippen LogP contribution in [0.4, 0.5) is 4.79 Å². The zero-order chi connectivity index (χ0) is 21.2. The number of para-hydroxylation sites is 1. The van der Waals surface area contributed by atoms with Gasteiger partial charge in [0.25, 0.3) is 0 Å². The van der Waals surface area contributed by atoms with Crippen LogP contribution in [0.15, 0.2) is 47.1 Å². The van der Waals surface area contributed by atoms with Gasteiger partial charge in [-0.3, -0.25) is 4.79 Å². The highest BCUT2D eigenvalue weighted by molar-refractivity contribution is 9.10. The molecule has 7 nitrogen and oxygen atoms in total. The Labute approximate surface area is 176 Å². The number of carboxylic acid groups (broad SMARTS) is 1. The fourth-order valence-corrected chi connectivity index (χ4v) is 3.46. The highest BCUT2D eigenvalue weighted by Gasteiger charge is 2.18. The molecule has 3 rings (SSSR count). The molecule has 29 heavy (non-hydrogen) atoms. The van der Waals surface area contributed by atoms with Crippen molar-refractivity contribution in [2.24, 2.45) is 0 Å². The first-order valence-electron chi connectivity index (χ1n) is 8.96. The second-order valence-electron chi connectivity index (χ2n) is 7.51. The lowest BCUT2D eigenvalue weighted by Crippen LogP contribution is -2.25. The summed E-state index contributed by atoms with van der Waals surface area (Å²) in [6.07, 6.45) is 0.434. The van der Waals surface area contributed by atoms with Gasteiger partial charge in [-0.25, -0.2) is 4.79 Å². The van der Waals surface area contributed by atoms with Crippen LogP contribution in [-0.2, 0) is 22.6 Å². The van der Waals surface area contributed by atoms with Crippen LogP contribution in [0, 0.1) is 0 Å². The number of ether oxygens (including phenoxy) is 2. The largest absolute Gasteiger partial charge is 0.489 e. The number of carbonyl (C=O) groups excluding carboxylic acids is 1. The molecule has 0 saturated heterocycles. The normalized spacial score (nSPS) is 11.4. The molecule has 0 atom stereocenters. The molecular formula is C21H21BrN2O5. The van der Waals surface area contributed by atoms with Crippen molar-refractivity contribution in [1.29, 1.82) is 0 Å². The van der Waals surface area contributed by atoms with Crippen molar-refractivity contribution in [3.63, 3.8) is 0 Å². The number of hydrogen-bond donors (Lipinski definition) is 1. The molecule has 8 heteroatoms. The van der Waals surface area contributed by atoms with E-state index in [1.165, 1.54) is 6.20 Å². The molecule has 1 heterocycles. The van der Waals surface area contributed by atoms with Crippen LogP contribution < -0.4 is 4.74 Å². The van der Waals surface area contributed by atoms with E-state index in [4.69, 9.17) is 9.47 Å². The molecule has 152 valence electrons.